The zero-order valence-corrected chi connectivity index (χ0v) is 12.0. The molecule has 1 saturated carbocycles. The average molecular weight is 266 g/mol. The van der Waals surface area contributed by atoms with Gasteiger partial charge in [0.2, 0.25) is 0 Å². The first-order valence-electron chi connectivity index (χ1n) is 7.62. The van der Waals surface area contributed by atoms with E-state index in [-0.39, 0.29) is 0 Å². The van der Waals surface area contributed by atoms with Gasteiger partial charge in [-0.3, -0.25) is 0 Å². The van der Waals surface area contributed by atoms with Crippen LogP contribution in [0.5, 0.6) is 5.75 Å². The van der Waals surface area contributed by atoms with Crippen LogP contribution in [0, 0.1) is 5.92 Å². The predicted octanol–water partition coefficient (Wildman–Crippen LogP) is 5.35. The molecule has 0 aromatic heterocycles. The van der Waals surface area contributed by atoms with Gasteiger partial charge in [0.1, 0.15) is 5.75 Å². The van der Waals surface area contributed by atoms with Gasteiger partial charge >= 0.3 is 0 Å². The summed E-state index contributed by atoms with van der Waals surface area (Å²) in [5.41, 5.74) is 3.90. The molecule has 0 amide bonds. The standard InChI is InChI=1S/C19H22O/c1-14-4-2-5-16(12-14)18-7-3-6-17(13-18)15-8-10-19(20)11-9-15/h3,6-11,13-14,16,20H,2,4-5,12H2,1H3/t14-,16?/m0/s1. The van der Waals surface area contributed by atoms with Crippen molar-refractivity contribution in [2.75, 3.05) is 0 Å². The van der Waals surface area contributed by atoms with Crippen molar-refractivity contribution in [2.45, 2.75) is 38.5 Å². The summed E-state index contributed by atoms with van der Waals surface area (Å²) in [6, 6.07) is 16.4. The van der Waals surface area contributed by atoms with E-state index in [4.69, 9.17) is 0 Å². The fourth-order valence-electron chi connectivity index (χ4n) is 3.36. The minimum absolute atomic E-state index is 0.325. The molecule has 1 aliphatic carbocycles. The van der Waals surface area contributed by atoms with Gasteiger partial charge < -0.3 is 5.11 Å². The van der Waals surface area contributed by atoms with Crippen molar-refractivity contribution in [3.63, 3.8) is 0 Å². The minimum Gasteiger partial charge on any atom is -0.508 e. The molecule has 0 bridgehead atoms. The summed E-state index contributed by atoms with van der Waals surface area (Å²) in [6.45, 7) is 2.37. The predicted molar refractivity (Wildman–Crippen MR) is 83.9 cm³/mol. The molecule has 2 aromatic rings. The van der Waals surface area contributed by atoms with Gasteiger partial charge in [-0.1, -0.05) is 56.2 Å². The highest BCUT2D eigenvalue weighted by atomic mass is 16.3. The maximum Gasteiger partial charge on any atom is 0.115 e. The molecule has 0 saturated heterocycles. The van der Waals surface area contributed by atoms with Crippen LogP contribution in [0.15, 0.2) is 48.5 Å². The third kappa shape index (κ3) is 2.87. The molecule has 0 radical (unpaired) electrons. The van der Waals surface area contributed by atoms with E-state index in [1.54, 1.807) is 12.1 Å². The van der Waals surface area contributed by atoms with E-state index < -0.39 is 0 Å². The first-order chi connectivity index (χ1) is 9.72. The fourth-order valence-corrected chi connectivity index (χ4v) is 3.36. The third-order valence-electron chi connectivity index (χ3n) is 4.50. The molecule has 3 rings (SSSR count). The number of phenolic OH excluding ortho intramolecular Hbond substituents is 1. The van der Waals surface area contributed by atoms with E-state index in [2.05, 4.69) is 31.2 Å². The summed E-state index contributed by atoms with van der Waals surface area (Å²) >= 11 is 0. The van der Waals surface area contributed by atoms with Crippen LogP contribution in [0.1, 0.15) is 44.1 Å². The Balaban J connectivity index is 1.87. The highest BCUT2D eigenvalue weighted by Crippen LogP contribution is 2.37. The largest absolute Gasteiger partial charge is 0.508 e. The molecule has 2 atom stereocenters. The number of benzene rings is 2. The minimum atomic E-state index is 0.325. The van der Waals surface area contributed by atoms with Crippen LogP contribution >= 0.6 is 0 Å². The molecule has 20 heavy (non-hydrogen) atoms. The number of hydrogen-bond acceptors (Lipinski definition) is 1. The van der Waals surface area contributed by atoms with Crippen LogP contribution in [0.25, 0.3) is 11.1 Å². The number of phenols is 1. The van der Waals surface area contributed by atoms with E-state index in [1.165, 1.54) is 42.4 Å². The summed E-state index contributed by atoms with van der Waals surface area (Å²) in [7, 11) is 0. The van der Waals surface area contributed by atoms with Crippen molar-refractivity contribution in [3.8, 4) is 16.9 Å². The molecule has 0 heterocycles. The second kappa shape index (κ2) is 5.70. The SMILES string of the molecule is C[C@H]1CCCC(c2cccc(-c3ccc(O)cc3)c2)C1. The topological polar surface area (TPSA) is 20.2 Å². The Hall–Kier alpha value is -1.76. The monoisotopic (exact) mass is 266 g/mol. The Labute approximate surface area is 121 Å². The second-order valence-electron chi connectivity index (χ2n) is 6.14. The molecule has 0 spiro atoms. The van der Waals surface area contributed by atoms with Crippen molar-refractivity contribution < 1.29 is 5.11 Å². The maximum absolute atomic E-state index is 9.39. The molecular formula is C19H22O. The fraction of sp³-hybridized carbons (Fsp3) is 0.368. The van der Waals surface area contributed by atoms with E-state index in [0.717, 1.165) is 11.8 Å². The molecule has 1 heteroatoms. The van der Waals surface area contributed by atoms with Crippen LogP contribution in [0.2, 0.25) is 0 Å². The molecular weight excluding hydrogens is 244 g/mol. The van der Waals surface area contributed by atoms with Crippen molar-refractivity contribution in [1.82, 2.24) is 0 Å². The van der Waals surface area contributed by atoms with Crippen molar-refractivity contribution in [2.24, 2.45) is 5.92 Å². The van der Waals surface area contributed by atoms with Gasteiger partial charge in [0.25, 0.3) is 0 Å². The zero-order valence-electron chi connectivity index (χ0n) is 12.0. The summed E-state index contributed by atoms with van der Waals surface area (Å²) in [4.78, 5) is 0. The Morgan fingerprint density at radius 3 is 2.50 bits per heavy atom. The van der Waals surface area contributed by atoms with Gasteiger partial charge in [-0.05, 0) is 53.5 Å². The van der Waals surface area contributed by atoms with Crippen LogP contribution in [-0.4, -0.2) is 5.11 Å². The van der Waals surface area contributed by atoms with Crippen LogP contribution in [-0.2, 0) is 0 Å². The summed E-state index contributed by atoms with van der Waals surface area (Å²) in [6.07, 6.45) is 5.38. The van der Waals surface area contributed by atoms with Crippen LogP contribution < -0.4 is 0 Å². The normalized spacial score (nSPS) is 22.6. The Morgan fingerprint density at radius 1 is 0.950 bits per heavy atom. The Morgan fingerprint density at radius 2 is 1.75 bits per heavy atom. The average Bonchev–Trinajstić information content (AvgIpc) is 2.48. The van der Waals surface area contributed by atoms with E-state index in [9.17, 15) is 5.11 Å². The third-order valence-corrected chi connectivity index (χ3v) is 4.50. The number of hydrogen-bond donors (Lipinski definition) is 1. The molecule has 0 aliphatic heterocycles. The van der Waals surface area contributed by atoms with Gasteiger partial charge in [0.15, 0.2) is 0 Å². The molecule has 104 valence electrons. The lowest BCUT2D eigenvalue weighted by atomic mass is 9.78. The van der Waals surface area contributed by atoms with Crippen molar-refractivity contribution in [3.05, 3.63) is 54.1 Å². The van der Waals surface area contributed by atoms with Gasteiger partial charge in [-0.2, -0.15) is 0 Å². The van der Waals surface area contributed by atoms with Crippen molar-refractivity contribution >= 4 is 0 Å². The maximum atomic E-state index is 9.39. The van der Waals surface area contributed by atoms with E-state index in [0.29, 0.717) is 5.75 Å². The van der Waals surface area contributed by atoms with Crippen LogP contribution in [0.4, 0.5) is 0 Å². The lowest BCUT2D eigenvalue weighted by Gasteiger charge is -2.27. The molecule has 1 fully saturated rings. The number of rotatable bonds is 2. The summed E-state index contributed by atoms with van der Waals surface area (Å²) in [5, 5.41) is 9.39. The molecule has 1 unspecified atom stereocenters. The zero-order chi connectivity index (χ0) is 13.9. The highest BCUT2D eigenvalue weighted by Gasteiger charge is 2.20. The van der Waals surface area contributed by atoms with Gasteiger partial charge in [-0.15, -0.1) is 0 Å². The lowest BCUT2D eigenvalue weighted by molar-refractivity contribution is 0.344. The second-order valence-corrected chi connectivity index (χ2v) is 6.14. The van der Waals surface area contributed by atoms with E-state index in [1.807, 2.05) is 12.1 Å². The first-order valence-corrected chi connectivity index (χ1v) is 7.62. The summed E-state index contributed by atoms with van der Waals surface area (Å²) in [5.74, 6) is 1.90. The van der Waals surface area contributed by atoms with Crippen molar-refractivity contribution in [1.29, 1.82) is 0 Å². The van der Waals surface area contributed by atoms with E-state index >= 15 is 0 Å². The van der Waals surface area contributed by atoms with Gasteiger partial charge in [-0.25, -0.2) is 0 Å². The quantitative estimate of drug-likeness (QED) is 0.776. The molecule has 1 aliphatic rings. The smallest absolute Gasteiger partial charge is 0.115 e. The Kier molecular flexibility index (Phi) is 3.77. The molecule has 1 nitrogen and oxygen atoms in total. The first kappa shape index (κ1) is 13.2. The van der Waals surface area contributed by atoms with Crippen LogP contribution in [0.3, 0.4) is 0 Å². The molecule has 1 N–H and O–H groups in total. The lowest BCUT2D eigenvalue weighted by Crippen LogP contribution is -2.11. The summed E-state index contributed by atoms with van der Waals surface area (Å²) < 4.78 is 0. The van der Waals surface area contributed by atoms with Gasteiger partial charge in [0.05, 0.1) is 0 Å². The highest BCUT2D eigenvalue weighted by molar-refractivity contribution is 5.65. The number of aromatic hydroxyl groups is 1. The Bertz CT molecular complexity index is 571. The van der Waals surface area contributed by atoms with Gasteiger partial charge in [0, 0.05) is 0 Å². The molecule has 2 aromatic carbocycles.